The quantitative estimate of drug-likeness (QED) is 0.705. The van der Waals surface area contributed by atoms with Crippen LogP contribution in [0.3, 0.4) is 0 Å². The largest absolute Gasteiger partial charge is 0.375 e. The Morgan fingerprint density at radius 3 is 1.75 bits per heavy atom. The van der Waals surface area contributed by atoms with E-state index >= 15 is 0 Å². The van der Waals surface area contributed by atoms with E-state index in [0.717, 1.165) is 65.6 Å². The number of hydrogen-bond acceptors (Lipinski definition) is 5. The maximum Gasteiger partial charge on any atom is 0.0829 e. The van der Waals surface area contributed by atoms with Crippen LogP contribution in [0, 0.1) is 0 Å². The maximum atomic E-state index is 6.02. The predicted molar refractivity (Wildman–Crippen MR) is 99.7 cm³/mol. The monoisotopic (exact) mass is 341 g/mol. The second-order valence-corrected chi connectivity index (χ2v) is 9.21. The molecule has 2 fully saturated rings. The minimum absolute atomic E-state index is 0.0245. The fourth-order valence-electron chi connectivity index (χ4n) is 3.16. The molecule has 24 heavy (non-hydrogen) atoms. The summed E-state index contributed by atoms with van der Waals surface area (Å²) in [6, 6.07) is 0. The first kappa shape index (κ1) is 20.1. The third-order valence-electron chi connectivity index (χ3n) is 4.97. The van der Waals surface area contributed by atoms with Crippen molar-refractivity contribution in [2.75, 3.05) is 65.6 Å². The second kappa shape index (κ2) is 8.45. The first-order valence-electron chi connectivity index (χ1n) is 9.59. The van der Waals surface area contributed by atoms with E-state index in [9.17, 15) is 0 Å². The maximum absolute atomic E-state index is 6.02. The lowest BCUT2D eigenvalue weighted by Gasteiger charge is -2.47. The van der Waals surface area contributed by atoms with Crippen LogP contribution in [0.2, 0.25) is 0 Å². The summed E-state index contributed by atoms with van der Waals surface area (Å²) in [7, 11) is 0. The van der Waals surface area contributed by atoms with E-state index < -0.39 is 0 Å². The van der Waals surface area contributed by atoms with E-state index in [4.69, 9.17) is 9.47 Å². The molecule has 0 bridgehead atoms. The zero-order chi connectivity index (χ0) is 17.8. The van der Waals surface area contributed by atoms with Gasteiger partial charge >= 0.3 is 0 Å². The Labute approximate surface area is 149 Å². The summed E-state index contributed by atoms with van der Waals surface area (Å²) in [5.41, 5.74) is 0.260. The van der Waals surface area contributed by atoms with Crippen LogP contribution in [0.5, 0.6) is 0 Å². The molecule has 0 saturated carbocycles. The van der Waals surface area contributed by atoms with Crippen LogP contribution in [-0.4, -0.2) is 97.5 Å². The molecule has 0 spiro atoms. The van der Waals surface area contributed by atoms with Gasteiger partial charge in [0.15, 0.2) is 0 Å². The van der Waals surface area contributed by atoms with Crippen LogP contribution in [-0.2, 0) is 9.47 Å². The average Bonchev–Trinajstić information content (AvgIpc) is 2.40. The minimum atomic E-state index is -0.0245. The van der Waals surface area contributed by atoms with E-state index in [1.165, 1.54) is 0 Å². The number of rotatable bonds is 7. The summed E-state index contributed by atoms with van der Waals surface area (Å²) < 4.78 is 11.8. The molecule has 0 radical (unpaired) electrons. The standard InChI is InChI=1S/C19H39N3O2/c1-18(2,3)22-15-17(16-22)23-13-11-20-7-9-21(10-8-20)12-14-24-19(4,5)6/h17H,7-16H2,1-6H3. The molecule has 0 aromatic heterocycles. The highest BCUT2D eigenvalue weighted by Crippen LogP contribution is 2.22. The van der Waals surface area contributed by atoms with Crippen molar-refractivity contribution in [1.82, 2.24) is 14.7 Å². The highest BCUT2D eigenvalue weighted by Gasteiger charge is 2.34. The Kier molecular flexibility index (Phi) is 7.09. The molecule has 0 atom stereocenters. The molecule has 2 heterocycles. The summed E-state index contributed by atoms with van der Waals surface area (Å²) in [6.45, 7) is 23.8. The normalized spacial score (nSPS) is 22.8. The average molecular weight is 342 g/mol. The van der Waals surface area contributed by atoms with Crippen LogP contribution >= 0.6 is 0 Å². The second-order valence-electron chi connectivity index (χ2n) is 9.21. The molecule has 2 saturated heterocycles. The summed E-state index contributed by atoms with van der Waals surface area (Å²) in [4.78, 5) is 7.52. The van der Waals surface area contributed by atoms with Crippen LogP contribution < -0.4 is 0 Å². The SMILES string of the molecule is CC(C)(C)OCCN1CCN(CCOC2CN(C(C)(C)C)C2)CC1. The van der Waals surface area contributed by atoms with Crippen molar-refractivity contribution in [2.24, 2.45) is 0 Å². The Morgan fingerprint density at radius 1 is 0.792 bits per heavy atom. The van der Waals surface area contributed by atoms with Crippen molar-refractivity contribution < 1.29 is 9.47 Å². The minimum Gasteiger partial charge on any atom is -0.375 e. The molecule has 5 heteroatoms. The highest BCUT2D eigenvalue weighted by atomic mass is 16.5. The molecule has 2 rings (SSSR count). The number of ether oxygens (including phenoxy) is 2. The Balaban J connectivity index is 1.49. The van der Waals surface area contributed by atoms with Gasteiger partial charge in [-0.1, -0.05) is 0 Å². The molecule has 0 amide bonds. The molecule has 5 nitrogen and oxygen atoms in total. The van der Waals surface area contributed by atoms with Gasteiger partial charge in [0, 0.05) is 57.9 Å². The van der Waals surface area contributed by atoms with Crippen molar-refractivity contribution in [3.05, 3.63) is 0 Å². The van der Waals surface area contributed by atoms with Crippen molar-refractivity contribution in [2.45, 2.75) is 58.8 Å². The van der Waals surface area contributed by atoms with E-state index in [1.54, 1.807) is 0 Å². The fraction of sp³-hybridized carbons (Fsp3) is 1.00. The molecule has 2 aliphatic heterocycles. The zero-order valence-electron chi connectivity index (χ0n) is 16.8. The number of nitrogens with zero attached hydrogens (tertiary/aromatic N) is 3. The Hall–Kier alpha value is -0.200. The predicted octanol–water partition coefficient (Wildman–Crippen LogP) is 1.92. The highest BCUT2D eigenvalue weighted by molar-refractivity contribution is 4.89. The van der Waals surface area contributed by atoms with Crippen molar-refractivity contribution in [3.63, 3.8) is 0 Å². The molecule has 0 N–H and O–H groups in total. The summed E-state index contributed by atoms with van der Waals surface area (Å²) in [6.07, 6.45) is 0.445. The van der Waals surface area contributed by atoms with Gasteiger partial charge in [-0.15, -0.1) is 0 Å². The molecule has 0 aromatic carbocycles. The van der Waals surface area contributed by atoms with Gasteiger partial charge < -0.3 is 9.47 Å². The van der Waals surface area contributed by atoms with Gasteiger partial charge in [0.2, 0.25) is 0 Å². The van der Waals surface area contributed by atoms with E-state index in [1.807, 2.05) is 0 Å². The van der Waals surface area contributed by atoms with Gasteiger partial charge in [0.05, 0.1) is 24.9 Å². The molecular formula is C19H39N3O2. The van der Waals surface area contributed by atoms with Crippen molar-refractivity contribution in [3.8, 4) is 0 Å². The van der Waals surface area contributed by atoms with Crippen molar-refractivity contribution in [1.29, 1.82) is 0 Å². The Morgan fingerprint density at radius 2 is 1.29 bits per heavy atom. The van der Waals surface area contributed by atoms with E-state index in [0.29, 0.717) is 6.10 Å². The third-order valence-corrected chi connectivity index (χ3v) is 4.97. The van der Waals surface area contributed by atoms with Gasteiger partial charge in [0.25, 0.3) is 0 Å². The number of likely N-dealkylation sites (tertiary alicyclic amines) is 1. The molecule has 142 valence electrons. The van der Waals surface area contributed by atoms with E-state index in [2.05, 4.69) is 56.2 Å². The van der Waals surface area contributed by atoms with E-state index in [-0.39, 0.29) is 11.1 Å². The summed E-state index contributed by atoms with van der Waals surface area (Å²) >= 11 is 0. The van der Waals surface area contributed by atoms with Crippen LogP contribution in [0.25, 0.3) is 0 Å². The lowest BCUT2D eigenvalue weighted by atomic mass is 9.99. The van der Waals surface area contributed by atoms with Gasteiger partial charge in [-0.25, -0.2) is 0 Å². The molecular weight excluding hydrogens is 302 g/mol. The molecule has 0 unspecified atom stereocenters. The number of hydrogen-bond donors (Lipinski definition) is 0. The molecule has 2 aliphatic rings. The first-order valence-corrected chi connectivity index (χ1v) is 9.59. The van der Waals surface area contributed by atoms with Gasteiger partial charge in [-0.3, -0.25) is 14.7 Å². The molecule has 0 aromatic rings. The topological polar surface area (TPSA) is 28.2 Å². The van der Waals surface area contributed by atoms with Gasteiger partial charge in [0.1, 0.15) is 0 Å². The summed E-state index contributed by atoms with van der Waals surface area (Å²) in [5, 5.41) is 0. The Bertz CT molecular complexity index is 362. The van der Waals surface area contributed by atoms with Crippen LogP contribution in [0.15, 0.2) is 0 Å². The fourth-order valence-corrected chi connectivity index (χ4v) is 3.16. The number of piperazine rings is 1. The van der Waals surface area contributed by atoms with Crippen LogP contribution in [0.4, 0.5) is 0 Å². The summed E-state index contributed by atoms with van der Waals surface area (Å²) in [5.74, 6) is 0. The molecule has 0 aliphatic carbocycles. The third kappa shape index (κ3) is 6.96. The first-order chi connectivity index (χ1) is 11.1. The van der Waals surface area contributed by atoms with Gasteiger partial charge in [-0.2, -0.15) is 0 Å². The van der Waals surface area contributed by atoms with Crippen LogP contribution in [0.1, 0.15) is 41.5 Å². The lowest BCUT2D eigenvalue weighted by Crippen LogP contribution is -2.60. The van der Waals surface area contributed by atoms with Gasteiger partial charge in [-0.05, 0) is 41.5 Å². The lowest BCUT2D eigenvalue weighted by molar-refractivity contribution is -0.0929. The van der Waals surface area contributed by atoms with Crippen molar-refractivity contribution >= 4 is 0 Å². The zero-order valence-corrected chi connectivity index (χ0v) is 16.8. The smallest absolute Gasteiger partial charge is 0.0829 e.